The molecule has 6 atom stereocenters. The van der Waals surface area contributed by atoms with Crippen LogP contribution >= 0.6 is 15.6 Å². The molecule has 0 spiro atoms. The van der Waals surface area contributed by atoms with Crippen molar-refractivity contribution in [2.45, 2.75) is 30.7 Å². The average Bonchev–Trinajstić information content (AvgIpc) is 2.26. The van der Waals surface area contributed by atoms with Gasteiger partial charge in [0.05, 0.1) is 0 Å². The zero-order chi connectivity index (χ0) is 16.6. The third-order valence-corrected chi connectivity index (χ3v) is 4.41. The number of rotatable bonds is 5. The van der Waals surface area contributed by atoms with Crippen LogP contribution in [0.3, 0.4) is 0 Å². The first-order valence-electron chi connectivity index (χ1n) is 5.04. The van der Waals surface area contributed by atoms with Gasteiger partial charge in [-0.3, -0.25) is 4.52 Å². The van der Waals surface area contributed by atoms with E-state index in [4.69, 9.17) is 19.8 Å². The molecule has 13 nitrogen and oxygen atoms in total. The van der Waals surface area contributed by atoms with Crippen LogP contribution in [-0.4, -0.2) is 71.8 Å². The van der Waals surface area contributed by atoms with E-state index in [1.807, 2.05) is 0 Å². The summed E-state index contributed by atoms with van der Waals surface area (Å²) in [6, 6.07) is 0. The van der Waals surface area contributed by atoms with Crippen molar-refractivity contribution in [3.05, 3.63) is 0 Å². The van der Waals surface area contributed by atoms with Crippen molar-refractivity contribution in [1.29, 1.82) is 0 Å². The number of hydrogen-bond donors (Lipinski definition) is 7. The maximum Gasteiger partial charge on any atom is 0.483 e. The highest BCUT2D eigenvalue weighted by Crippen LogP contribution is 2.58. The molecule has 0 aromatic carbocycles. The Kier molecular flexibility index (Phi) is 5.64. The first-order chi connectivity index (χ1) is 9.34. The summed E-state index contributed by atoms with van der Waals surface area (Å²) in [7, 11) is -10.9. The van der Waals surface area contributed by atoms with Gasteiger partial charge in [-0.25, -0.2) is 13.9 Å². The lowest BCUT2D eigenvalue weighted by molar-refractivity contribution is -0.274. The topological polar surface area (TPSA) is 221 Å². The number of phosphoric ester groups is 1. The van der Waals surface area contributed by atoms with Crippen LogP contribution in [0, 0.1) is 0 Å². The summed E-state index contributed by atoms with van der Waals surface area (Å²) in [5, 5.41) is 36.8. The fourth-order valence-electron chi connectivity index (χ4n) is 1.42. The van der Waals surface area contributed by atoms with Gasteiger partial charge in [0, 0.05) is 0 Å². The van der Waals surface area contributed by atoms with Crippen LogP contribution in [0.2, 0.25) is 0 Å². The van der Waals surface area contributed by atoms with Crippen molar-refractivity contribution >= 4 is 21.6 Å². The molecule has 124 valence electrons. The molecule has 0 bridgehead atoms. The molecular weight excluding hydrogens is 342 g/mol. The van der Waals surface area contributed by atoms with Crippen molar-refractivity contribution in [1.82, 2.24) is 0 Å². The summed E-state index contributed by atoms with van der Waals surface area (Å²) in [6.07, 6.45) is -10.8. The summed E-state index contributed by atoms with van der Waals surface area (Å²) in [5.74, 6) is -1.79. The van der Waals surface area contributed by atoms with Gasteiger partial charge in [0.1, 0.15) is 18.3 Å². The van der Waals surface area contributed by atoms with Crippen molar-refractivity contribution in [3.63, 3.8) is 0 Å². The number of aliphatic hydroxyl groups is 3. The van der Waals surface area contributed by atoms with Crippen LogP contribution in [0.25, 0.3) is 0 Å². The lowest BCUT2D eigenvalue weighted by Crippen LogP contribution is -2.60. The van der Waals surface area contributed by atoms with E-state index >= 15 is 0 Å². The number of carboxylic acids is 1. The smallest absolute Gasteiger partial charge is 0.479 e. The second kappa shape index (κ2) is 6.36. The molecule has 1 saturated heterocycles. The van der Waals surface area contributed by atoms with Gasteiger partial charge in [-0.05, 0) is 0 Å². The summed E-state index contributed by atoms with van der Waals surface area (Å²) in [5.41, 5.74) is 0. The molecule has 7 N–H and O–H groups in total. The number of aliphatic hydroxyl groups excluding tert-OH is 3. The molecule has 0 radical (unpaired) electrons. The minimum absolute atomic E-state index is 1.79. The largest absolute Gasteiger partial charge is 0.483 e. The zero-order valence-electron chi connectivity index (χ0n) is 9.86. The number of phosphoric acid groups is 2. The minimum Gasteiger partial charge on any atom is -0.479 e. The van der Waals surface area contributed by atoms with Crippen LogP contribution < -0.4 is 0 Å². The van der Waals surface area contributed by atoms with Crippen LogP contribution in [0.4, 0.5) is 0 Å². The van der Waals surface area contributed by atoms with E-state index in [1.165, 1.54) is 0 Å². The summed E-state index contributed by atoms with van der Waals surface area (Å²) >= 11 is 0. The SMILES string of the molecule is O=C(O)[C@H]1O[C@H](OP(=O)(O)OP(=O)(O)O)[C@H](O)[C@@H](O)[C@@H]1O. The molecule has 0 aliphatic carbocycles. The highest BCUT2D eigenvalue weighted by atomic mass is 31.3. The van der Waals surface area contributed by atoms with E-state index in [0.717, 1.165) is 0 Å². The van der Waals surface area contributed by atoms with E-state index < -0.39 is 52.3 Å². The van der Waals surface area contributed by atoms with Gasteiger partial charge in [0.25, 0.3) is 0 Å². The van der Waals surface area contributed by atoms with Crippen LogP contribution in [0.5, 0.6) is 0 Å². The minimum atomic E-state index is -5.46. The molecular formula is C6H12O13P2. The quantitative estimate of drug-likeness (QED) is 0.247. The molecule has 1 unspecified atom stereocenters. The van der Waals surface area contributed by atoms with Crippen molar-refractivity contribution in [2.24, 2.45) is 0 Å². The van der Waals surface area contributed by atoms with E-state index in [9.17, 15) is 29.2 Å². The monoisotopic (exact) mass is 354 g/mol. The summed E-state index contributed by atoms with van der Waals surface area (Å²) < 4.78 is 33.6. The Morgan fingerprint density at radius 1 is 1.00 bits per heavy atom. The van der Waals surface area contributed by atoms with E-state index in [1.54, 1.807) is 0 Å². The van der Waals surface area contributed by atoms with E-state index in [2.05, 4.69) is 13.6 Å². The maximum absolute atomic E-state index is 11.2. The van der Waals surface area contributed by atoms with Crippen LogP contribution in [0.1, 0.15) is 0 Å². The molecule has 1 fully saturated rings. The van der Waals surface area contributed by atoms with Crippen LogP contribution in [0.15, 0.2) is 0 Å². The highest BCUT2D eigenvalue weighted by Gasteiger charge is 2.50. The molecule has 1 rings (SSSR count). The van der Waals surface area contributed by atoms with Crippen LogP contribution in [-0.2, 0) is 27.5 Å². The van der Waals surface area contributed by atoms with Gasteiger partial charge in [0.15, 0.2) is 12.4 Å². The van der Waals surface area contributed by atoms with E-state index in [0.29, 0.717) is 0 Å². The normalized spacial score (nSPS) is 37.0. The third kappa shape index (κ3) is 5.06. The zero-order valence-corrected chi connectivity index (χ0v) is 11.7. The molecule has 1 heterocycles. The predicted octanol–water partition coefficient (Wildman–Crippen LogP) is -2.90. The summed E-state index contributed by atoms with van der Waals surface area (Å²) in [6.45, 7) is 0. The number of ether oxygens (including phenoxy) is 1. The first kappa shape index (κ1) is 18.6. The first-order valence-corrected chi connectivity index (χ1v) is 8.07. The Labute approximate surface area is 116 Å². The summed E-state index contributed by atoms with van der Waals surface area (Å²) in [4.78, 5) is 36.5. The molecule has 0 amide bonds. The number of carbonyl (C=O) groups is 1. The Morgan fingerprint density at radius 2 is 1.52 bits per heavy atom. The molecule has 21 heavy (non-hydrogen) atoms. The molecule has 1 aliphatic rings. The lowest BCUT2D eigenvalue weighted by Gasteiger charge is -2.38. The second-order valence-electron chi connectivity index (χ2n) is 3.88. The fraction of sp³-hybridized carbons (Fsp3) is 0.833. The van der Waals surface area contributed by atoms with Crippen molar-refractivity contribution in [3.8, 4) is 0 Å². The second-order valence-corrected chi connectivity index (χ2v) is 6.66. The molecule has 15 heteroatoms. The molecule has 0 saturated carbocycles. The van der Waals surface area contributed by atoms with Gasteiger partial charge in [-0.15, -0.1) is 0 Å². The maximum atomic E-state index is 11.2. The fourth-order valence-corrected chi connectivity index (χ4v) is 3.09. The number of aliphatic carboxylic acids is 1. The predicted molar refractivity (Wildman–Crippen MR) is 58.4 cm³/mol. The lowest BCUT2D eigenvalue weighted by atomic mass is 9.99. The third-order valence-electron chi connectivity index (χ3n) is 2.26. The van der Waals surface area contributed by atoms with Gasteiger partial charge in [0.2, 0.25) is 0 Å². The molecule has 0 aromatic rings. The Balaban J connectivity index is 2.89. The number of hydrogen-bond acceptors (Lipinski definition) is 9. The van der Waals surface area contributed by atoms with Gasteiger partial charge >= 0.3 is 21.6 Å². The van der Waals surface area contributed by atoms with Gasteiger partial charge in [-0.1, -0.05) is 0 Å². The molecule has 0 aromatic heterocycles. The van der Waals surface area contributed by atoms with Gasteiger partial charge in [-0.2, -0.15) is 4.31 Å². The number of carboxylic acid groups (broad SMARTS) is 1. The highest BCUT2D eigenvalue weighted by molar-refractivity contribution is 7.60. The standard InChI is InChI=1S/C6H12O13P2/c7-1-2(8)4(5(10)11)17-6(3(1)9)18-21(15,16)19-20(12,13)14/h1-4,6-9H,(H,10,11)(H,15,16)(H2,12,13,14)/t1-,2-,3+,4-,6+/m0/s1. The molecule has 1 aliphatic heterocycles. The Bertz CT molecular complexity index is 485. The van der Waals surface area contributed by atoms with E-state index in [-0.39, 0.29) is 0 Å². The van der Waals surface area contributed by atoms with Crippen molar-refractivity contribution < 1.29 is 62.6 Å². The Hall–Kier alpha value is -0.430. The van der Waals surface area contributed by atoms with Gasteiger partial charge < -0.3 is 39.8 Å². The Morgan fingerprint density at radius 3 is 1.95 bits per heavy atom. The average molecular weight is 354 g/mol. The van der Waals surface area contributed by atoms with Crippen molar-refractivity contribution in [2.75, 3.05) is 0 Å².